The molecule has 0 radical (unpaired) electrons. The number of carboxylic acids is 1. The summed E-state index contributed by atoms with van der Waals surface area (Å²) < 4.78 is 11.8. The first-order valence-corrected chi connectivity index (χ1v) is 11.6. The summed E-state index contributed by atoms with van der Waals surface area (Å²) in [5.41, 5.74) is -0.385. The number of phenolic OH excluding ortho intramolecular Hbond substituents is 1. The number of nitrogens with one attached hydrogen (secondary N) is 1. The number of ether oxygens (including phenoxy) is 2. The average molecular weight is 488 g/mol. The van der Waals surface area contributed by atoms with Gasteiger partial charge >= 0.3 is 11.9 Å². The van der Waals surface area contributed by atoms with Gasteiger partial charge in [0, 0.05) is 18.0 Å². The van der Waals surface area contributed by atoms with Crippen LogP contribution in [0.1, 0.15) is 37.3 Å². The van der Waals surface area contributed by atoms with Gasteiger partial charge in [-0.15, -0.1) is 0 Å². The fourth-order valence-corrected chi connectivity index (χ4v) is 6.27. The van der Waals surface area contributed by atoms with E-state index in [1.54, 1.807) is 12.1 Å². The number of nitrogens with zero attached hydrogens (tertiary/aromatic N) is 1. The van der Waals surface area contributed by atoms with Crippen molar-refractivity contribution in [3.05, 3.63) is 35.1 Å². The summed E-state index contributed by atoms with van der Waals surface area (Å²) in [5, 5.41) is 43.3. The van der Waals surface area contributed by atoms with Gasteiger partial charge in [-0.1, -0.05) is 6.07 Å². The number of aliphatic carboxylic acids is 1. The number of hydrogen-bond donors (Lipinski definition) is 5. The lowest BCUT2D eigenvalue weighted by Gasteiger charge is -2.61. The van der Waals surface area contributed by atoms with Gasteiger partial charge in [0.25, 0.3) is 0 Å². The molecule has 1 aromatic rings. The lowest BCUT2D eigenvalue weighted by atomic mass is 9.50. The maximum Gasteiger partial charge on any atom is 0.333 e. The third-order valence-electron chi connectivity index (χ3n) is 7.95. The van der Waals surface area contributed by atoms with Crippen molar-refractivity contribution >= 4 is 17.8 Å². The molecule has 5 N–H and O–H groups in total. The number of esters is 1. The van der Waals surface area contributed by atoms with Crippen LogP contribution in [0.2, 0.25) is 0 Å². The lowest BCUT2D eigenvalue weighted by molar-refractivity contribution is -0.170. The Morgan fingerprint density at radius 1 is 1.34 bits per heavy atom. The van der Waals surface area contributed by atoms with Gasteiger partial charge in [0.15, 0.2) is 17.6 Å². The van der Waals surface area contributed by atoms with Gasteiger partial charge in [0.1, 0.15) is 17.9 Å². The summed E-state index contributed by atoms with van der Waals surface area (Å²) in [6.07, 6.45) is -0.519. The second-order valence-electron chi connectivity index (χ2n) is 9.87. The molecule has 2 bridgehead atoms. The number of amides is 1. The van der Waals surface area contributed by atoms with Crippen LogP contribution in [-0.2, 0) is 31.0 Å². The quantitative estimate of drug-likeness (QED) is 0.331. The zero-order valence-electron chi connectivity index (χ0n) is 19.4. The van der Waals surface area contributed by atoms with E-state index in [9.17, 15) is 29.7 Å². The van der Waals surface area contributed by atoms with Crippen LogP contribution in [0.5, 0.6) is 11.5 Å². The second kappa shape index (κ2) is 7.94. The number of benzene rings is 1. The smallest absolute Gasteiger partial charge is 0.333 e. The lowest BCUT2D eigenvalue weighted by Crippen LogP contribution is -2.74. The van der Waals surface area contributed by atoms with Crippen molar-refractivity contribution in [2.24, 2.45) is 0 Å². The van der Waals surface area contributed by atoms with Crippen molar-refractivity contribution in [3.63, 3.8) is 0 Å². The van der Waals surface area contributed by atoms with Crippen molar-refractivity contribution in [1.82, 2.24) is 10.2 Å². The van der Waals surface area contributed by atoms with E-state index >= 15 is 0 Å². The summed E-state index contributed by atoms with van der Waals surface area (Å²) in [7, 11) is 1.97. The number of likely N-dealkylation sites (tertiary alicyclic amines) is 1. The first-order valence-electron chi connectivity index (χ1n) is 11.6. The van der Waals surface area contributed by atoms with Crippen molar-refractivity contribution in [2.75, 3.05) is 13.6 Å². The molecule has 1 amide bonds. The van der Waals surface area contributed by atoms with Crippen LogP contribution in [0.3, 0.4) is 0 Å². The summed E-state index contributed by atoms with van der Waals surface area (Å²) in [6, 6.07) is 2.04. The maximum atomic E-state index is 12.8. The van der Waals surface area contributed by atoms with Gasteiger partial charge in [0.05, 0.1) is 17.4 Å². The fraction of sp³-hybridized carbons (Fsp3) is 0.542. The van der Waals surface area contributed by atoms with E-state index in [0.29, 0.717) is 19.4 Å². The SMILES string of the molecule is C[C@H](NC(=O)[C@@H](O)CC(=O)O)C(=O)OC1=CC[C@@]2(O)[C@H]3Cc4ccc(O)c5c4[C@@]2(CCN3C)[C@H]1O5. The summed E-state index contributed by atoms with van der Waals surface area (Å²) in [6.45, 7) is 2.03. The minimum Gasteiger partial charge on any atom is -0.504 e. The highest BCUT2D eigenvalue weighted by atomic mass is 16.6. The van der Waals surface area contributed by atoms with Crippen molar-refractivity contribution in [3.8, 4) is 11.5 Å². The maximum absolute atomic E-state index is 12.8. The third-order valence-corrected chi connectivity index (χ3v) is 7.95. The summed E-state index contributed by atoms with van der Waals surface area (Å²) in [5.74, 6) is -2.78. The first kappa shape index (κ1) is 23.6. The Morgan fingerprint density at radius 2 is 2.09 bits per heavy atom. The molecule has 2 heterocycles. The number of likely N-dealkylation sites (N-methyl/N-ethyl adjacent to an activating group) is 1. The van der Waals surface area contributed by atoms with Crippen molar-refractivity contribution in [1.29, 1.82) is 0 Å². The van der Waals surface area contributed by atoms with Crippen LogP contribution in [0.15, 0.2) is 24.0 Å². The molecular formula is C24H28N2O9. The van der Waals surface area contributed by atoms with E-state index in [4.69, 9.17) is 14.6 Å². The Balaban J connectivity index is 1.43. The van der Waals surface area contributed by atoms with E-state index in [1.807, 2.05) is 13.1 Å². The summed E-state index contributed by atoms with van der Waals surface area (Å²) in [4.78, 5) is 37.7. The molecule has 2 aliphatic heterocycles. The molecule has 188 valence electrons. The number of phenols is 1. The molecular weight excluding hydrogens is 460 g/mol. The fourth-order valence-electron chi connectivity index (χ4n) is 6.27. The first-order chi connectivity index (χ1) is 16.5. The van der Waals surface area contributed by atoms with Crippen LogP contribution in [-0.4, -0.2) is 86.7 Å². The number of carboxylic acid groups (broad SMARTS) is 1. The highest BCUT2D eigenvalue weighted by Crippen LogP contribution is 2.65. The molecule has 0 saturated carbocycles. The van der Waals surface area contributed by atoms with Gasteiger partial charge in [-0.3, -0.25) is 9.59 Å². The number of hydrogen-bond acceptors (Lipinski definition) is 9. The Kier molecular flexibility index (Phi) is 5.35. The molecule has 1 saturated heterocycles. The molecule has 6 atom stereocenters. The van der Waals surface area contributed by atoms with E-state index in [0.717, 1.165) is 11.1 Å². The van der Waals surface area contributed by atoms with Crippen LogP contribution < -0.4 is 10.1 Å². The molecule has 11 nitrogen and oxygen atoms in total. The number of piperidine rings is 1. The monoisotopic (exact) mass is 488 g/mol. The van der Waals surface area contributed by atoms with E-state index in [1.165, 1.54) is 6.92 Å². The largest absolute Gasteiger partial charge is 0.504 e. The molecule has 0 unspecified atom stereocenters. The van der Waals surface area contributed by atoms with Crippen LogP contribution in [0.4, 0.5) is 0 Å². The van der Waals surface area contributed by atoms with Gasteiger partial charge in [-0.2, -0.15) is 0 Å². The van der Waals surface area contributed by atoms with Gasteiger partial charge < -0.3 is 40.1 Å². The van der Waals surface area contributed by atoms with E-state index < -0.39 is 53.5 Å². The minimum atomic E-state index is -1.81. The van der Waals surface area contributed by atoms with E-state index in [-0.39, 0.29) is 29.7 Å². The normalized spacial score (nSPS) is 31.9. The standard InChI is InChI=1S/C24H28N2O9/c1-11(25-21(31)14(28)10-17(29)30)22(32)34-15-5-6-24(33)16-9-12-3-4-13(27)19-18(12)23(24,20(15)35-19)7-8-26(16)2/h3-5,11,14,16,20,27-28,33H,6-10H2,1-2H3,(H,25,31)(H,29,30)/t11-,14-,16+,20-,23-,24+/m0/s1. The zero-order chi connectivity index (χ0) is 25.3. The molecule has 35 heavy (non-hydrogen) atoms. The predicted octanol–water partition coefficient (Wildman–Crippen LogP) is -0.447. The highest BCUT2D eigenvalue weighted by molar-refractivity contribution is 5.89. The van der Waals surface area contributed by atoms with Crippen LogP contribution in [0.25, 0.3) is 0 Å². The Labute approximate surface area is 200 Å². The molecule has 11 heteroatoms. The topological polar surface area (TPSA) is 166 Å². The molecule has 5 rings (SSSR count). The van der Waals surface area contributed by atoms with Crippen LogP contribution in [0, 0.1) is 0 Å². The van der Waals surface area contributed by atoms with Gasteiger partial charge in [0.2, 0.25) is 5.91 Å². The number of rotatable bonds is 6. The van der Waals surface area contributed by atoms with Crippen LogP contribution >= 0.6 is 0 Å². The number of aromatic hydroxyl groups is 1. The molecule has 4 aliphatic rings. The number of carbonyl (C=O) groups is 3. The summed E-state index contributed by atoms with van der Waals surface area (Å²) >= 11 is 0. The average Bonchev–Trinajstić information content (AvgIpc) is 3.15. The number of carbonyl (C=O) groups excluding carboxylic acids is 2. The van der Waals surface area contributed by atoms with Gasteiger partial charge in [-0.25, -0.2) is 4.79 Å². The minimum absolute atomic E-state index is 0.0500. The Hall–Kier alpha value is -3.15. The molecule has 1 spiro atoms. The third kappa shape index (κ3) is 3.25. The zero-order valence-corrected chi connectivity index (χ0v) is 19.4. The highest BCUT2D eigenvalue weighted by Gasteiger charge is 2.72. The molecule has 0 aromatic heterocycles. The molecule has 2 aliphatic carbocycles. The van der Waals surface area contributed by atoms with E-state index in [2.05, 4.69) is 10.2 Å². The predicted molar refractivity (Wildman–Crippen MR) is 119 cm³/mol. The Morgan fingerprint density at radius 3 is 2.80 bits per heavy atom. The Bertz CT molecular complexity index is 1150. The number of aliphatic hydroxyl groups is 2. The second-order valence-corrected chi connectivity index (χ2v) is 9.87. The number of aliphatic hydroxyl groups excluding tert-OH is 1. The van der Waals surface area contributed by atoms with Crippen molar-refractivity contribution < 1.29 is 44.3 Å². The van der Waals surface area contributed by atoms with Crippen molar-refractivity contribution in [2.45, 2.75) is 67.9 Å². The van der Waals surface area contributed by atoms with Gasteiger partial charge in [-0.05, 0) is 51.1 Å². The molecule has 1 fully saturated rings. The molecule has 1 aromatic carbocycles.